The van der Waals surface area contributed by atoms with Crippen LogP contribution in [-0.2, 0) is 19.7 Å². The van der Waals surface area contributed by atoms with Crippen molar-refractivity contribution in [2.45, 2.75) is 26.6 Å². The van der Waals surface area contributed by atoms with E-state index in [0.717, 1.165) is 35.5 Å². The molecule has 0 unspecified atom stereocenters. The predicted octanol–water partition coefficient (Wildman–Crippen LogP) is 3.74. The Morgan fingerprint density at radius 3 is 2.56 bits per heavy atom. The third kappa shape index (κ3) is 4.26. The van der Waals surface area contributed by atoms with Crippen LogP contribution in [-0.4, -0.2) is 40.7 Å². The number of phenols is 2. The fraction of sp³-hybridized carbons (Fsp3) is 0.296. The topological polar surface area (TPSA) is 91.3 Å². The lowest BCUT2D eigenvalue weighted by atomic mass is 10.1. The average Bonchev–Trinajstić information content (AvgIpc) is 3.25. The molecular formula is C27H28N2O5. The van der Waals surface area contributed by atoms with Crippen LogP contribution < -0.4 is 14.8 Å². The van der Waals surface area contributed by atoms with Gasteiger partial charge in [-0.15, -0.1) is 0 Å². The minimum Gasteiger partial charge on any atom is -0.507 e. The smallest absolute Gasteiger partial charge is 0.262 e. The van der Waals surface area contributed by atoms with Gasteiger partial charge in [0, 0.05) is 42.7 Å². The van der Waals surface area contributed by atoms with E-state index in [9.17, 15) is 15.0 Å². The van der Waals surface area contributed by atoms with Crippen LogP contribution in [0.2, 0.25) is 0 Å². The molecule has 0 aliphatic carbocycles. The maximum absolute atomic E-state index is 13.6. The zero-order valence-corrected chi connectivity index (χ0v) is 19.1. The number of hydrogen-bond donors (Lipinski definition) is 3. The number of nitrogens with one attached hydrogen (secondary N) is 1. The minimum absolute atomic E-state index is 0.0575. The van der Waals surface area contributed by atoms with Crippen LogP contribution in [0.4, 0.5) is 0 Å². The molecule has 1 amide bonds. The zero-order chi connectivity index (χ0) is 23.7. The minimum atomic E-state index is -0.353. The monoisotopic (exact) mass is 460 g/mol. The summed E-state index contributed by atoms with van der Waals surface area (Å²) in [6, 6.07) is 16.6. The first kappa shape index (κ1) is 22.1. The molecule has 0 bridgehead atoms. The molecule has 1 saturated heterocycles. The van der Waals surface area contributed by atoms with Crippen molar-refractivity contribution in [2.75, 3.05) is 19.7 Å². The van der Waals surface area contributed by atoms with Gasteiger partial charge in [-0.1, -0.05) is 42.5 Å². The van der Waals surface area contributed by atoms with Gasteiger partial charge in [0.15, 0.2) is 0 Å². The Balaban J connectivity index is 1.39. The van der Waals surface area contributed by atoms with Gasteiger partial charge in [0.05, 0.1) is 13.2 Å². The Hall–Kier alpha value is -3.71. The largest absolute Gasteiger partial charge is 0.507 e. The molecule has 5 rings (SSSR count). The summed E-state index contributed by atoms with van der Waals surface area (Å²) < 4.78 is 12.1. The molecule has 2 aliphatic rings. The van der Waals surface area contributed by atoms with Crippen molar-refractivity contribution in [3.05, 3.63) is 82.4 Å². The number of phenolic OH excluding ortho intramolecular Hbond substituents is 2. The fourth-order valence-electron chi connectivity index (χ4n) is 4.35. The first-order valence-electron chi connectivity index (χ1n) is 11.5. The number of aromatic hydroxyl groups is 2. The highest BCUT2D eigenvalue weighted by Crippen LogP contribution is 2.41. The molecule has 176 valence electrons. The summed E-state index contributed by atoms with van der Waals surface area (Å²) in [5.41, 5.74) is 3.40. The number of hydrogen-bond acceptors (Lipinski definition) is 6. The standard InChI is InChI=1S/C27H28N2O5/c1-17-22(30)10-23(31)25(26(17)34-15-18-6-3-2-4-7-18)27(32)29-13-20-8-5-9-24(21(20)14-29)33-16-19-11-28-12-19/h2-10,19,28,30-31H,11-16H2,1H3. The van der Waals surface area contributed by atoms with Crippen molar-refractivity contribution in [3.63, 3.8) is 0 Å². The van der Waals surface area contributed by atoms with E-state index in [4.69, 9.17) is 9.47 Å². The molecule has 3 aromatic carbocycles. The molecule has 7 nitrogen and oxygen atoms in total. The summed E-state index contributed by atoms with van der Waals surface area (Å²) in [5.74, 6) is 0.719. The average molecular weight is 461 g/mol. The summed E-state index contributed by atoms with van der Waals surface area (Å²) in [7, 11) is 0. The number of fused-ring (bicyclic) bond motifs is 1. The Kier molecular flexibility index (Phi) is 6.02. The Bertz CT molecular complexity index is 1210. The van der Waals surface area contributed by atoms with Crippen molar-refractivity contribution in [1.82, 2.24) is 10.2 Å². The van der Waals surface area contributed by atoms with E-state index in [0.29, 0.717) is 31.2 Å². The molecule has 0 aromatic heterocycles. The normalized spacial score (nSPS) is 15.0. The van der Waals surface area contributed by atoms with Crippen LogP contribution in [0.5, 0.6) is 23.0 Å². The molecular weight excluding hydrogens is 432 g/mol. The van der Waals surface area contributed by atoms with Crippen LogP contribution in [0.1, 0.15) is 32.6 Å². The number of carbonyl (C=O) groups is 1. The van der Waals surface area contributed by atoms with Crippen molar-refractivity contribution < 1.29 is 24.5 Å². The molecule has 3 N–H and O–H groups in total. The third-order valence-corrected chi connectivity index (χ3v) is 6.49. The van der Waals surface area contributed by atoms with E-state index < -0.39 is 0 Å². The number of benzene rings is 3. The molecule has 2 heterocycles. The summed E-state index contributed by atoms with van der Waals surface area (Å²) in [5, 5.41) is 24.2. The predicted molar refractivity (Wildman–Crippen MR) is 127 cm³/mol. The summed E-state index contributed by atoms with van der Waals surface area (Å²) in [4.78, 5) is 15.3. The van der Waals surface area contributed by atoms with Crippen molar-refractivity contribution in [3.8, 4) is 23.0 Å². The molecule has 3 aromatic rings. The Labute approximate surface area is 198 Å². The maximum atomic E-state index is 13.6. The van der Waals surface area contributed by atoms with E-state index in [1.807, 2.05) is 48.5 Å². The van der Waals surface area contributed by atoms with Crippen molar-refractivity contribution in [2.24, 2.45) is 5.92 Å². The molecule has 0 spiro atoms. The molecule has 0 atom stereocenters. The van der Waals surface area contributed by atoms with Gasteiger partial charge in [-0.2, -0.15) is 0 Å². The van der Waals surface area contributed by atoms with E-state index in [-0.39, 0.29) is 35.3 Å². The molecule has 1 fully saturated rings. The summed E-state index contributed by atoms with van der Waals surface area (Å²) in [6.07, 6.45) is 0. The first-order chi connectivity index (χ1) is 16.5. The number of carbonyl (C=O) groups excluding carboxylic acids is 1. The first-order valence-corrected chi connectivity index (χ1v) is 11.5. The van der Waals surface area contributed by atoms with E-state index in [2.05, 4.69) is 5.32 Å². The zero-order valence-electron chi connectivity index (χ0n) is 19.1. The lowest BCUT2D eigenvalue weighted by Gasteiger charge is -2.27. The number of rotatable bonds is 7. The van der Waals surface area contributed by atoms with Gasteiger partial charge < -0.3 is 29.9 Å². The summed E-state index contributed by atoms with van der Waals surface area (Å²) in [6.45, 7) is 5.24. The highest BCUT2D eigenvalue weighted by Gasteiger charge is 2.32. The molecule has 34 heavy (non-hydrogen) atoms. The highest BCUT2D eigenvalue weighted by molar-refractivity contribution is 6.00. The van der Waals surface area contributed by atoms with Gasteiger partial charge in [0.25, 0.3) is 5.91 Å². The van der Waals surface area contributed by atoms with Crippen LogP contribution in [0, 0.1) is 12.8 Å². The second kappa shape index (κ2) is 9.27. The lowest BCUT2D eigenvalue weighted by molar-refractivity contribution is 0.0742. The second-order valence-corrected chi connectivity index (χ2v) is 8.91. The highest BCUT2D eigenvalue weighted by atomic mass is 16.5. The maximum Gasteiger partial charge on any atom is 0.262 e. The Morgan fingerprint density at radius 1 is 1.03 bits per heavy atom. The van der Waals surface area contributed by atoms with Crippen LogP contribution in [0.15, 0.2) is 54.6 Å². The fourth-order valence-corrected chi connectivity index (χ4v) is 4.35. The van der Waals surface area contributed by atoms with Gasteiger partial charge >= 0.3 is 0 Å². The van der Waals surface area contributed by atoms with Crippen LogP contribution in [0.3, 0.4) is 0 Å². The van der Waals surface area contributed by atoms with Crippen molar-refractivity contribution >= 4 is 5.91 Å². The Morgan fingerprint density at radius 2 is 1.82 bits per heavy atom. The molecule has 7 heteroatoms. The molecule has 0 saturated carbocycles. The van der Waals surface area contributed by atoms with Crippen molar-refractivity contribution in [1.29, 1.82) is 0 Å². The molecule has 0 radical (unpaired) electrons. The second-order valence-electron chi connectivity index (χ2n) is 8.91. The van der Waals surface area contributed by atoms with Gasteiger partial charge in [0.2, 0.25) is 0 Å². The number of ether oxygens (including phenoxy) is 2. The van der Waals surface area contributed by atoms with Crippen LogP contribution in [0.25, 0.3) is 0 Å². The molecule has 2 aliphatic heterocycles. The van der Waals surface area contributed by atoms with Gasteiger partial charge in [-0.05, 0) is 24.1 Å². The van der Waals surface area contributed by atoms with E-state index in [1.165, 1.54) is 6.07 Å². The van der Waals surface area contributed by atoms with Gasteiger partial charge in [0.1, 0.15) is 35.2 Å². The lowest BCUT2D eigenvalue weighted by Crippen LogP contribution is -2.45. The number of amides is 1. The quantitative estimate of drug-likeness (QED) is 0.498. The van der Waals surface area contributed by atoms with Gasteiger partial charge in [-0.3, -0.25) is 4.79 Å². The van der Waals surface area contributed by atoms with E-state index >= 15 is 0 Å². The van der Waals surface area contributed by atoms with E-state index in [1.54, 1.807) is 11.8 Å². The summed E-state index contributed by atoms with van der Waals surface area (Å²) >= 11 is 0. The van der Waals surface area contributed by atoms with Gasteiger partial charge in [-0.25, -0.2) is 0 Å². The third-order valence-electron chi connectivity index (χ3n) is 6.49. The number of nitrogens with zero attached hydrogens (tertiary/aromatic N) is 1. The van der Waals surface area contributed by atoms with Crippen LogP contribution >= 0.6 is 0 Å². The SMILES string of the molecule is Cc1c(O)cc(O)c(C(=O)N2Cc3cccc(OCC4CNC4)c3C2)c1OCc1ccccc1.